The summed E-state index contributed by atoms with van der Waals surface area (Å²) in [7, 11) is 0. The van der Waals surface area contributed by atoms with Gasteiger partial charge in [0.25, 0.3) is 5.91 Å². The molecule has 0 spiro atoms. The first-order chi connectivity index (χ1) is 15.0. The van der Waals surface area contributed by atoms with Crippen molar-refractivity contribution in [2.45, 2.75) is 19.9 Å². The molecule has 0 radical (unpaired) electrons. The lowest BCUT2D eigenvalue weighted by atomic mass is 9.92. The Hall–Kier alpha value is -3.95. The van der Waals surface area contributed by atoms with Crippen molar-refractivity contribution < 1.29 is 14.3 Å². The van der Waals surface area contributed by atoms with Crippen LogP contribution >= 0.6 is 0 Å². The van der Waals surface area contributed by atoms with E-state index in [1.165, 1.54) is 0 Å². The number of nitrogens with one attached hydrogen (secondary N) is 1. The minimum absolute atomic E-state index is 0.0370. The fourth-order valence-electron chi connectivity index (χ4n) is 3.05. The van der Waals surface area contributed by atoms with Crippen molar-refractivity contribution in [2.24, 2.45) is 5.73 Å². The first-order valence-electron chi connectivity index (χ1n) is 9.77. The Bertz CT molecular complexity index is 1150. The molecule has 31 heavy (non-hydrogen) atoms. The second-order valence-corrected chi connectivity index (χ2v) is 6.86. The van der Waals surface area contributed by atoms with Gasteiger partial charge in [-0.3, -0.25) is 9.78 Å². The summed E-state index contributed by atoms with van der Waals surface area (Å²) in [4.78, 5) is 29.0. The van der Waals surface area contributed by atoms with E-state index in [2.05, 4.69) is 22.1 Å². The van der Waals surface area contributed by atoms with Crippen LogP contribution in [0.25, 0.3) is 11.1 Å². The number of hydrogen-bond donors (Lipinski definition) is 2. The van der Waals surface area contributed by atoms with Gasteiger partial charge in [-0.15, -0.1) is 5.92 Å². The van der Waals surface area contributed by atoms with Crippen LogP contribution < -0.4 is 11.1 Å². The second-order valence-electron chi connectivity index (χ2n) is 6.86. The number of anilines is 1. The molecule has 0 fully saturated rings. The maximum absolute atomic E-state index is 12.8. The van der Waals surface area contributed by atoms with Gasteiger partial charge in [-0.2, -0.15) is 0 Å². The predicted octanol–water partition coefficient (Wildman–Crippen LogP) is 4.20. The van der Waals surface area contributed by atoms with E-state index < -0.39 is 5.97 Å². The van der Waals surface area contributed by atoms with Crippen LogP contribution in [0.1, 0.15) is 46.2 Å². The number of nitrogens with two attached hydrogens (primary N) is 1. The van der Waals surface area contributed by atoms with Gasteiger partial charge in [-0.1, -0.05) is 24.1 Å². The van der Waals surface area contributed by atoms with E-state index in [0.29, 0.717) is 16.8 Å². The third kappa shape index (κ3) is 5.56. The summed E-state index contributed by atoms with van der Waals surface area (Å²) in [6, 6.07) is 15.6. The molecule has 1 amide bonds. The molecule has 1 aromatic heterocycles. The smallest absolute Gasteiger partial charge is 0.339 e. The van der Waals surface area contributed by atoms with Gasteiger partial charge in [0.05, 0.1) is 5.56 Å². The Morgan fingerprint density at radius 3 is 2.58 bits per heavy atom. The number of pyridine rings is 1. The maximum atomic E-state index is 12.8. The van der Waals surface area contributed by atoms with Crippen LogP contribution in [-0.4, -0.2) is 23.5 Å². The highest BCUT2D eigenvalue weighted by molar-refractivity contribution is 6.05. The number of rotatable bonds is 6. The summed E-state index contributed by atoms with van der Waals surface area (Å²) in [5.74, 6) is 4.67. The second kappa shape index (κ2) is 10.2. The molecule has 0 aliphatic carbocycles. The van der Waals surface area contributed by atoms with E-state index in [1.807, 2.05) is 19.1 Å². The monoisotopic (exact) mass is 413 g/mol. The molecular weight excluding hydrogens is 390 g/mol. The lowest BCUT2D eigenvalue weighted by Gasteiger charge is -2.16. The number of carbonyl (C=O) groups is 2. The van der Waals surface area contributed by atoms with E-state index in [1.54, 1.807) is 61.8 Å². The molecular formula is C25H23N3O3. The standard InChI is InChI=1S/C25H23N3O3/c1-3-4-14-31-25(30)20-7-5-6-18(15-20)23-16-19(8-9-22(23)17(2)26)24(29)28-21-10-12-27-13-11-21/h5-13,15-17H,14,26H2,1-2H3,(H,27,28,29). The molecule has 6 nitrogen and oxygen atoms in total. The lowest BCUT2D eigenvalue weighted by Crippen LogP contribution is -2.13. The van der Waals surface area contributed by atoms with Gasteiger partial charge < -0.3 is 15.8 Å². The summed E-state index contributed by atoms with van der Waals surface area (Å²) in [6.45, 7) is 3.59. The van der Waals surface area contributed by atoms with Gasteiger partial charge in [0.1, 0.15) is 0 Å². The Balaban J connectivity index is 1.94. The average molecular weight is 413 g/mol. The largest absolute Gasteiger partial charge is 0.449 e. The minimum Gasteiger partial charge on any atom is -0.449 e. The number of benzene rings is 2. The Morgan fingerprint density at radius 1 is 1.10 bits per heavy atom. The number of hydrogen-bond acceptors (Lipinski definition) is 5. The fraction of sp³-hybridized carbons (Fsp3) is 0.160. The molecule has 1 unspecified atom stereocenters. The third-order valence-electron chi connectivity index (χ3n) is 4.61. The third-order valence-corrected chi connectivity index (χ3v) is 4.61. The van der Waals surface area contributed by atoms with E-state index >= 15 is 0 Å². The van der Waals surface area contributed by atoms with E-state index in [4.69, 9.17) is 10.5 Å². The molecule has 3 rings (SSSR count). The maximum Gasteiger partial charge on any atom is 0.339 e. The lowest BCUT2D eigenvalue weighted by molar-refractivity contribution is 0.0556. The molecule has 2 aromatic carbocycles. The molecule has 0 aliphatic rings. The SMILES string of the molecule is CC#CCOC(=O)c1cccc(-c2cc(C(=O)Nc3ccncc3)ccc2C(C)N)c1. The van der Waals surface area contributed by atoms with Gasteiger partial charge in [0.15, 0.2) is 6.61 Å². The summed E-state index contributed by atoms with van der Waals surface area (Å²) in [5, 5.41) is 2.85. The summed E-state index contributed by atoms with van der Waals surface area (Å²) >= 11 is 0. The highest BCUT2D eigenvalue weighted by Gasteiger charge is 2.15. The molecule has 3 aromatic rings. The van der Waals surface area contributed by atoms with Crippen LogP contribution in [0.5, 0.6) is 0 Å². The molecule has 0 saturated heterocycles. The highest BCUT2D eigenvalue weighted by Crippen LogP contribution is 2.30. The normalized spacial score (nSPS) is 11.1. The Labute approximate surface area is 181 Å². The zero-order chi connectivity index (χ0) is 22.2. The minimum atomic E-state index is -0.460. The number of nitrogens with zero attached hydrogens (tertiary/aromatic N) is 1. The van der Waals surface area contributed by atoms with Crippen molar-refractivity contribution in [2.75, 3.05) is 11.9 Å². The quantitative estimate of drug-likeness (QED) is 0.467. The molecule has 3 N–H and O–H groups in total. The topological polar surface area (TPSA) is 94.3 Å². The molecule has 0 bridgehead atoms. The summed E-state index contributed by atoms with van der Waals surface area (Å²) in [6.07, 6.45) is 3.22. The Morgan fingerprint density at radius 2 is 1.87 bits per heavy atom. The number of aromatic nitrogens is 1. The summed E-state index contributed by atoms with van der Waals surface area (Å²) < 4.78 is 5.16. The predicted molar refractivity (Wildman–Crippen MR) is 120 cm³/mol. The van der Waals surface area contributed by atoms with Gasteiger partial charge >= 0.3 is 5.97 Å². The van der Waals surface area contributed by atoms with E-state index in [0.717, 1.165) is 16.7 Å². The van der Waals surface area contributed by atoms with Gasteiger partial charge in [0.2, 0.25) is 0 Å². The van der Waals surface area contributed by atoms with Gasteiger partial charge in [-0.25, -0.2) is 4.79 Å². The summed E-state index contributed by atoms with van der Waals surface area (Å²) in [5.41, 5.74) is 10.1. The first-order valence-corrected chi connectivity index (χ1v) is 9.77. The molecule has 0 aliphatic heterocycles. The number of carbonyl (C=O) groups excluding carboxylic acids is 2. The van der Waals surface area contributed by atoms with E-state index in [9.17, 15) is 9.59 Å². The zero-order valence-corrected chi connectivity index (χ0v) is 17.4. The van der Waals surface area contributed by atoms with Crippen molar-refractivity contribution in [1.29, 1.82) is 0 Å². The molecule has 156 valence electrons. The van der Waals surface area contributed by atoms with Crippen LogP contribution in [0.4, 0.5) is 5.69 Å². The highest BCUT2D eigenvalue weighted by atomic mass is 16.5. The first kappa shape index (κ1) is 21.8. The van der Waals surface area contributed by atoms with E-state index in [-0.39, 0.29) is 18.6 Å². The molecule has 1 atom stereocenters. The van der Waals surface area contributed by atoms with Crippen LogP contribution in [-0.2, 0) is 4.74 Å². The van der Waals surface area contributed by atoms with Gasteiger partial charge in [-0.05, 0) is 66.9 Å². The fourth-order valence-corrected chi connectivity index (χ4v) is 3.05. The van der Waals surface area contributed by atoms with Crippen molar-refractivity contribution >= 4 is 17.6 Å². The van der Waals surface area contributed by atoms with Crippen LogP contribution in [0.2, 0.25) is 0 Å². The molecule has 1 heterocycles. The number of esters is 1. The number of ether oxygens (including phenoxy) is 1. The van der Waals surface area contributed by atoms with Crippen LogP contribution in [0.15, 0.2) is 67.0 Å². The van der Waals surface area contributed by atoms with Crippen molar-refractivity contribution in [3.8, 4) is 23.0 Å². The van der Waals surface area contributed by atoms with Crippen molar-refractivity contribution in [3.05, 3.63) is 83.7 Å². The van der Waals surface area contributed by atoms with Crippen LogP contribution in [0.3, 0.4) is 0 Å². The van der Waals surface area contributed by atoms with Crippen LogP contribution in [0, 0.1) is 11.8 Å². The van der Waals surface area contributed by atoms with Crippen molar-refractivity contribution in [3.63, 3.8) is 0 Å². The Kier molecular flexibility index (Phi) is 7.15. The van der Waals surface area contributed by atoms with Gasteiger partial charge in [0, 0.05) is 29.7 Å². The molecule has 6 heteroatoms. The van der Waals surface area contributed by atoms with Crippen molar-refractivity contribution in [1.82, 2.24) is 4.98 Å². The average Bonchev–Trinajstić information content (AvgIpc) is 2.79. The molecule has 0 saturated carbocycles. The number of amides is 1. The zero-order valence-electron chi connectivity index (χ0n) is 17.4.